The van der Waals surface area contributed by atoms with Crippen molar-refractivity contribution in [2.75, 3.05) is 32.7 Å². The molecule has 0 saturated carbocycles. The first kappa shape index (κ1) is 22.3. The molecular weight excluding hydrogens is 412 g/mol. The van der Waals surface area contributed by atoms with Gasteiger partial charge < -0.3 is 9.22 Å². The molecule has 33 heavy (non-hydrogen) atoms. The van der Waals surface area contributed by atoms with E-state index in [1.807, 2.05) is 60.7 Å². The van der Waals surface area contributed by atoms with Crippen LogP contribution in [0.1, 0.15) is 54.6 Å². The second kappa shape index (κ2) is 9.40. The van der Waals surface area contributed by atoms with Gasteiger partial charge in [-0.3, -0.25) is 9.69 Å². The van der Waals surface area contributed by atoms with E-state index in [-0.39, 0.29) is 23.9 Å². The van der Waals surface area contributed by atoms with Gasteiger partial charge in [0.1, 0.15) is 19.1 Å². The number of likely N-dealkylation sites (tertiary alicyclic amines) is 1. The lowest BCUT2D eigenvalue weighted by Gasteiger charge is -2.51. The molecule has 174 valence electrons. The average Bonchev–Trinajstić information content (AvgIpc) is 3.26. The second-order valence-corrected chi connectivity index (χ2v) is 10.3. The summed E-state index contributed by atoms with van der Waals surface area (Å²) in [4.78, 5) is 28.9. The summed E-state index contributed by atoms with van der Waals surface area (Å²) in [6, 6.07) is 19.7. The highest BCUT2D eigenvalue weighted by Crippen LogP contribution is 2.38. The summed E-state index contributed by atoms with van der Waals surface area (Å²) in [5.74, 6) is 0.475. The summed E-state index contributed by atoms with van der Waals surface area (Å²) in [6.07, 6.45) is 4.18. The van der Waals surface area contributed by atoms with Crippen LogP contribution in [0, 0.1) is 5.92 Å². The smallest absolute Gasteiger partial charge is 0.328 e. The average molecular weight is 448 g/mol. The van der Waals surface area contributed by atoms with Gasteiger partial charge in [-0.05, 0) is 31.9 Å². The van der Waals surface area contributed by atoms with E-state index in [0.29, 0.717) is 18.5 Å². The molecule has 4 fully saturated rings. The van der Waals surface area contributed by atoms with Gasteiger partial charge in [0, 0.05) is 30.4 Å². The molecule has 3 atom stereocenters. The number of carbonyl (C=O) groups excluding carboxylic acids is 2. The van der Waals surface area contributed by atoms with Gasteiger partial charge in [0.25, 0.3) is 0 Å². The second-order valence-electron chi connectivity index (χ2n) is 10.3. The molecule has 2 bridgehead atoms. The summed E-state index contributed by atoms with van der Waals surface area (Å²) in [5, 5.41) is 0. The maximum atomic E-state index is 13.6. The third-order valence-electron chi connectivity index (χ3n) is 8.16. The number of nitrogens with zero attached hydrogens (tertiary/aromatic N) is 2. The van der Waals surface area contributed by atoms with Crippen molar-refractivity contribution in [2.45, 2.75) is 50.8 Å². The van der Waals surface area contributed by atoms with Crippen LogP contribution in [0.3, 0.4) is 0 Å². The zero-order chi connectivity index (χ0) is 22.8. The molecule has 1 unspecified atom stereocenters. The van der Waals surface area contributed by atoms with E-state index in [1.54, 1.807) is 0 Å². The number of hydrogen-bond donors (Lipinski definition) is 0. The summed E-state index contributed by atoms with van der Waals surface area (Å²) in [7, 11) is 0. The van der Waals surface area contributed by atoms with Crippen molar-refractivity contribution in [1.29, 1.82) is 0 Å². The minimum atomic E-state index is -0.349. The van der Waals surface area contributed by atoms with Crippen LogP contribution in [-0.4, -0.2) is 66.0 Å². The monoisotopic (exact) mass is 447 g/mol. The van der Waals surface area contributed by atoms with Gasteiger partial charge in [-0.2, -0.15) is 0 Å². The van der Waals surface area contributed by atoms with Crippen molar-refractivity contribution in [1.82, 2.24) is 4.90 Å². The fraction of sp³-hybridized carbons (Fsp3) is 0.500. The van der Waals surface area contributed by atoms with Crippen LogP contribution in [0.2, 0.25) is 0 Å². The maximum Gasteiger partial charge on any atom is 0.328 e. The zero-order valence-corrected chi connectivity index (χ0v) is 19.6. The molecule has 0 aromatic heterocycles. The number of hydrogen-bond acceptors (Lipinski definition) is 4. The Morgan fingerprint density at radius 1 is 1.00 bits per heavy atom. The highest BCUT2D eigenvalue weighted by atomic mass is 16.5. The number of Topliss-reactive ketones (excluding diaryl/α,β-unsaturated/α-hetero) is 1. The van der Waals surface area contributed by atoms with Gasteiger partial charge in [0.2, 0.25) is 5.78 Å². The predicted molar refractivity (Wildman–Crippen MR) is 128 cm³/mol. The van der Waals surface area contributed by atoms with Crippen molar-refractivity contribution < 1.29 is 18.8 Å². The summed E-state index contributed by atoms with van der Waals surface area (Å²) < 4.78 is 7.06. The number of esters is 1. The molecule has 0 amide bonds. The van der Waals surface area contributed by atoms with Crippen molar-refractivity contribution in [3.05, 3.63) is 71.8 Å². The number of fused-ring (bicyclic) bond motifs is 3. The lowest BCUT2D eigenvalue weighted by molar-refractivity contribution is -0.938. The molecule has 0 radical (unpaired) electrons. The minimum Gasteiger partial charge on any atom is -0.455 e. The number of ether oxygens (including phenoxy) is 1. The molecule has 4 aliphatic rings. The Morgan fingerprint density at radius 3 is 2.30 bits per heavy atom. The number of rotatable bonds is 7. The number of ketones is 1. The Morgan fingerprint density at radius 2 is 1.67 bits per heavy atom. The minimum absolute atomic E-state index is 0.104. The number of benzene rings is 2. The van der Waals surface area contributed by atoms with Crippen molar-refractivity contribution in [3.63, 3.8) is 0 Å². The molecular formula is C28H35N2O3+. The van der Waals surface area contributed by atoms with Gasteiger partial charge in [-0.1, -0.05) is 60.7 Å². The van der Waals surface area contributed by atoms with Crippen LogP contribution in [0.25, 0.3) is 0 Å². The molecule has 0 spiro atoms. The van der Waals surface area contributed by atoms with Gasteiger partial charge in [0.15, 0.2) is 6.10 Å². The third kappa shape index (κ3) is 4.62. The van der Waals surface area contributed by atoms with E-state index in [1.165, 1.54) is 0 Å². The van der Waals surface area contributed by atoms with Gasteiger partial charge in [-0.25, -0.2) is 4.79 Å². The fourth-order valence-electron chi connectivity index (χ4n) is 6.25. The largest absolute Gasteiger partial charge is 0.455 e. The number of quaternary nitrogens is 1. The first-order valence-electron chi connectivity index (χ1n) is 12.5. The van der Waals surface area contributed by atoms with E-state index < -0.39 is 0 Å². The van der Waals surface area contributed by atoms with Crippen LogP contribution in [0.4, 0.5) is 0 Å². The lowest BCUT2D eigenvalue weighted by Crippen LogP contribution is -2.66. The molecule has 4 aliphatic heterocycles. The van der Waals surface area contributed by atoms with E-state index in [2.05, 4.69) is 11.8 Å². The van der Waals surface area contributed by atoms with Crippen molar-refractivity contribution >= 4 is 11.8 Å². The third-order valence-corrected chi connectivity index (χ3v) is 8.16. The normalized spacial score (nSPS) is 30.2. The molecule has 2 aromatic carbocycles. The Labute approximate surface area is 196 Å². The zero-order valence-electron chi connectivity index (χ0n) is 19.6. The predicted octanol–water partition coefficient (Wildman–Crippen LogP) is 4.25. The van der Waals surface area contributed by atoms with Crippen molar-refractivity contribution in [3.8, 4) is 0 Å². The Balaban J connectivity index is 1.32. The highest BCUT2D eigenvalue weighted by molar-refractivity contribution is 5.97. The molecule has 0 aliphatic carbocycles. The Hall–Kier alpha value is -2.50. The van der Waals surface area contributed by atoms with Crippen molar-refractivity contribution in [2.24, 2.45) is 5.92 Å². The molecule has 0 N–H and O–H groups in total. The Kier molecular flexibility index (Phi) is 6.35. The fourth-order valence-corrected chi connectivity index (χ4v) is 6.25. The molecule has 4 saturated heterocycles. The van der Waals surface area contributed by atoms with E-state index in [0.717, 1.165) is 67.5 Å². The summed E-state index contributed by atoms with van der Waals surface area (Å²) in [6.45, 7) is 6.39. The molecule has 5 heteroatoms. The van der Waals surface area contributed by atoms with Crippen LogP contribution >= 0.6 is 0 Å². The SMILES string of the molecule is C[C@@H]1CCCN1C(C(=O)O[C@H]1C[N+]2(CC(=O)c3ccccc3)CCC1CC2)c1ccccc1. The topological polar surface area (TPSA) is 46.6 Å². The van der Waals surface area contributed by atoms with Crippen LogP contribution in [-0.2, 0) is 9.53 Å². The van der Waals surface area contributed by atoms with Crippen LogP contribution in [0.15, 0.2) is 60.7 Å². The number of carbonyl (C=O) groups is 2. The number of piperidine rings is 3. The lowest BCUT2D eigenvalue weighted by atomic mass is 9.82. The first-order valence-corrected chi connectivity index (χ1v) is 12.5. The van der Waals surface area contributed by atoms with Gasteiger partial charge in [0.05, 0.1) is 13.1 Å². The highest BCUT2D eigenvalue weighted by Gasteiger charge is 2.49. The standard InChI is InChI=1S/C28H35N2O3/c1-21-9-8-16-29(21)27(24-12-6-3-7-13-24)28(32)33-26-20-30(17-14-23(26)15-18-30)19-25(31)22-10-4-2-5-11-22/h2-7,10-13,21,23,26-27H,8-9,14-20H2,1H3/q+1/t21-,23?,26+,27?,30?/m1/s1. The van der Waals surface area contributed by atoms with Gasteiger partial charge in [-0.15, -0.1) is 0 Å². The quantitative estimate of drug-likeness (QED) is 0.362. The summed E-state index contributed by atoms with van der Waals surface area (Å²) >= 11 is 0. The van der Waals surface area contributed by atoms with Crippen LogP contribution < -0.4 is 0 Å². The Bertz CT molecular complexity index is 969. The summed E-state index contributed by atoms with van der Waals surface area (Å²) in [5.41, 5.74) is 1.79. The van der Waals surface area contributed by atoms with E-state index in [4.69, 9.17) is 4.74 Å². The van der Waals surface area contributed by atoms with Crippen LogP contribution in [0.5, 0.6) is 0 Å². The maximum absolute atomic E-state index is 13.6. The molecule has 6 rings (SSSR count). The first-order chi connectivity index (χ1) is 16.0. The van der Waals surface area contributed by atoms with E-state index >= 15 is 0 Å². The molecule has 5 nitrogen and oxygen atoms in total. The molecule has 4 heterocycles. The van der Waals surface area contributed by atoms with E-state index in [9.17, 15) is 9.59 Å². The molecule has 2 aromatic rings. The van der Waals surface area contributed by atoms with Gasteiger partial charge >= 0.3 is 5.97 Å².